The number of hydrogen-bond donors (Lipinski definition) is 3. The molecule has 32 heavy (non-hydrogen) atoms. The van der Waals surface area contributed by atoms with Gasteiger partial charge in [0.2, 0.25) is 0 Å². The molecule has 0 saturated heterocycles. The van der Waals surface area contributed by atoms with E-state index < -0.39 is 17.6 Å². The van der Waals surface area contributed by atoms with Crippen LogP contribution >= 0.6 is 0 Å². The summed E-state index contributed by atoms with van der Waals surface area (Å²) >= 11 is 0. The number of guanidine groups is 1. The SMILES string of the molecule is CN=C(NCc1ccc(NC(=O)c2ccco2)cc1)NCc1ccc(F)cc1C(F)(F)F. The Balaban J connectivity index is 1.54. The normalized spacial score (nSPS) is 11.8. The van der Waals surface area contributed by atoms with Gasteiger partial charge in [-0.2, -0.15) is 13.2 Å². The van der Waals surface area contributed by atoms with Crippen LogP contribution in [0.25, 0.3) is 0 Å². The van der Waals surface area contributed by atoms with Crippen LogP contribution in [0.4, 0.5) is 23.2 Å². The predicted molar refractivity (Wildman–Crippen MR) is 112 cm³/mol. The highest BCUT2D eigenvalue weighted by atomic mass is 19.4. The molecule has 0 spiro atoms. The Morgan fingerprint density at radius 3 is 2.38 bits per heavy atom. The second kappa shape index (κ2) is 9.99. The van der Waals surface area contributed by atoms with Gasteiger partial charge in [0.15, 0.2) is 11.7 Å². The Morgan fingerprint density at radius 1 is 1.03 bits per heavy atom. The number of carbonyl (C=O) groups is 1. The molecule has 0 aliphatic carbocycles. The molecule has 3 aromatic rings. The Hall–Kier alpha value is -3.82. The molecular weight excluding hydrogens is 428 g/mol. The molecule has 0 fully saturated rings. The predicted octanol–water partition coefficient (Wildman–Crippen LogP) is 4.56. The van der Waals surface area contributed by atoms with Crippen molar-refractivity contribution in [1.82, 2.24) is 10.6 Å². The highest BCUT2D eigenvalue weighted by Crippen LogP contribution is 2.32. The van der Waals surface area contributed by atoms with Crippen molar-refractivity contribution in [2.75, 3.05) is 12.4 Å². The molecule has 1 heterocycles. The van der Waals surface area contributed by atoms with E-state index in [1.807, 2.05) is 0 Å². The third-order valence-electron chi connectivity index (χ3n) is 4.46. The minimum absolute atomic E-state index is 0.0986. The fourth-order valence-electron chi connectivity index (χ4n) is 2.86. The van der Waals surface area contributed by atoms with Crippen LogP contribution in [0, 0.1) is 5.82 Å². The number of nitrogens with one attached hydrogen (secondary N) is 3. The van der Waals surface area contributed by atoms with Crippen LogP contribution in [0.1, 0.15) is 27.2 Å². The number of aliphatic imine (C=N–C) groups is 1. The van der Waals surface area contributed by atoms with Crippen LogP contribution in [0.5, 0.6) is 0 Å². The summed E-state index contributed by atoms with van der Waals surface area (Å²) in [5.41, 5.74) is 0.293. The van der Waals surface area contributed by atoms with Crippen molar-refractivity contribution in [3.63, 3.8) is 0 Å². The summed E-state index contributed by atoms with van der Waals surface area (Å²) in [6.07, 6.45) is -3.26. The zero-order valence-corrected chi connectivity index (χ0v) is 17.0. The number of hydrogen-bond acceptors (Lipinski definition) is 3. The summed E-state index contributed by atoms with van der Waals surface area (Å²) in [4.78, 5) is 16.0. The number of alkyl halides is 3. The number of benzene rings is 2. The van der Waals surface area contributed by atoms with Gasteiger partial charge in [-0.15, -0.1) is 0 Å². The summed E-state index contributed by atoms with van der Waals surface area (Å²) in [5, 5.41) is 8.48. The molecular formula is C22H20F4N4O2. The number of rotatable bonds is 6. The van der Waals surface area contributed by atoms with E-state index in [-0.39, 0.29) is 29.7 Å². The fourth-order valence-corrected chi connectivity index (χ4v) is 2.86. The summed E-state index contributed by atoms with van der Waals surface area (Å²) in [7, 11) is 1.48. The lowest BCUT2D eigenvalue weighted by Crippen LogP contribution is -2.36. The van der Waals surface area contributed by atoms with E-state index in [9.17, 15) is 22.4 Å². The number of furan rings is 1. The first-order valence-corrected chi connectivity index (χ1v) is 9.50. The summed E-state index contributed by atoms with van der Waals surface area (Å²) in [6.45, 7) is 0.147. The number of nitrogens with zero attached hydrogens (tertiary/aromatic N) is 1. The first-order chi connectivity index (χ1) is 15.3. The van der Waals surface area contributed by atoms with Crippen LogP contribution < -0.4 is 16.0 Å². The number of anilines is 1. The van der Waals surface area contributed by atoms with Gasteiger partial charge in [0.05, 0.1) is 11.8 Å². The zero-order valence-electron chi connectivity index (χ0n) is 17.0. The molecule has 0 bridgehead atoms. The lowest BCUT2D eigenvalue weighted by atomic mass is 10.1. The van der Waals surface area contributed by atoms with E-state index >= 15 is 0 Å². The van der Waals surface area contributed by atoms with Crippen LogP contribution in [0.3, 0.4) is 0 Å². The average molecular weight is 448 g/mol. The van der Waals surface area contributed by atoms with Gasteiger partial charge in [-0.3, -0.25) is 9.79 Å². The minimum atomic E-state index is -4.66. The van der Waals surface area contributed by atoms with Gasteiger partial charge >= 0.3 is 6.18 Å². The number of amides is 1. The molecule has 0 radical (unpaired) electrons. The molecule has 0 saturated carbocycles. The van der Waals surface area contributed by atoms with Crippen molar-refractivity contribution in [2.24, 2.45) is 4.99 Å². The van der Waals surface area contributed by atoms with Gasteiger partial charge in [-0.25, -0.2) is 4.39 Å². The first kappa shape index (κ1) is 22.9. The molecule has 3 rings (SSSR count). The summed E-state index contributed by atoms with van der Waals surface area (Å²) < 4.78 is 57.6. The third-order valence-corrected chi connectivity index (χ3v) is 4.46. The van der Waals surface area contributed by atoms with Crippen LogP contribution in [-0.2, 0) is 19.3 Å². The Labute approximate surface area is 181 Å². The van der Waals surface area contributed by atoms with Crippen molar-refractivity contribution in [3.8, 4) is 0 Å². The highest BCUT2D eigenvalue weighted by Gasteiger charge is 2.33. The molecule has 1 aromatic heterocycles. The van der Waals surface area contributed by atoms with Gasteiger partial charge in [-0.1, -0.05) is 18.2 Å². The van der Waals surface area contributed by atoms with Gasteiger partial charge in [0.25, 0.3) is 5.91 Å². The Morgan fingerprint density at radius 2 is 1.75 bits per heavy atom. The van der Waals surface area contributed by atoms with Gasteiger partial charge in [0, 0.05) is 25.8 Å². The Bertz CT molecular complexity index is 1080. The lowest BCUT2D eigenvalue weighted by Gasteiger charge is -2.16. The van der Waals surface area contributed by atoms with Crippen molar-refractivity contribution in [2.45, 2.75) is 19.3 Å². The molecule has 0 aliphatic rings. The van der Waals surface area contributed by atoms with Crippen LogP contribution in [0.15, 0.2) is 70.3 Å². The molecule has 3 N–H and O–H groups in total. The highest BCUT2D eigenvalue weighted by molar-refractivity contribution is 6.02. The van der Waals surface area contributed by atoms with Crippen molar-refractivity contribution in [3.05, 3.63) is 89.1 Å². The van der Waals surface area contributed by atoms with E-state index in [0.29, 0.717) is 18.3 Å². The Kier molecular flexibility index (Phi) is 7.14. The lowest BCUT2D eigenvalue weighted by molar-refractivity contribution is -0.138. The average Bonchev–Trinajstić information content (AvgIpc) is 3.30. The van der Waals surface area contributed by atoms with E-state index in [0.717, 1.165) is 17.7 Å². The largest absolute Gasteiger partial charge is 0.459 e. The van der Waals surface area contributed by atoms with E-state index in [4.69, 9.17) is 4.42 Å². The second-order valence-electron chi connectivity index (χ2n) is 6.71. The quantitative estimate of drug-likeness (QED) is 0.294. The second-order valence-corrected chi connectivity index (χ2v) is 6.71. The molecule has 10 heteroatoms. The fraction of sp³-hybridized carbons (Fsp3) is 0.182. The van der Waals surface area contributed by atoms with E-state index in [1.54, 1.807) is 36.4 Å². The van der Waals surface area contributed by atoms with E-state index in [2.05, 4.69) is 20.9 Å². The standard InChI is InChI=1S/C22H20F4N4O2/c1-27-21(29-13-15-6-7-16(23)11-18(15)22(24,25)26)28-12-14-4-8-17(9-5-14)30-20(31)19-3-2-10-32-19/h2-11H,12-13H2,1H3,(H,30,31)(H2,27,28,29). The molecule has 0 atom stereocenters. The maximum atomic E-state index is 13.2. The molecule has 0 unspecified atom stereocenters. The molecule has 0 aliphatic heterocycles. The maximum Gasteiger partial charge on any atom is 0.416 e. The molecule has 1 amide bonds. The van der Waals surface area contributed by atoms with Crippen molar-refractivity contribution >= 4 is 17.6 Å². The molecule has 2 aromatic carbocycles. The van der Waals surface area contributed by atoms with E-state index in [1.165, 1.54) is 13.3 Å². The summed E-state index contributed by atoms with van der Waals surface area (Å²) in [6, 6.07) is 12.7. The van der Waals surface area contributed by atoms with Crippen molar-refractivity contribution < 1.29 is 26.8 Å². The summed E-state index contributed by atoms with van der Waals surface area (Å²) in [5.74, 6) is -0.852. The zero-order chi connectivity index (χ0) is 23.1. The first-order valence-electron chi connectivity index (χ1n) is 9.50. The van der Waals surface area contributed by atoms with Crippen LogP contribution in [-0.4, -0.2) is 18.9 Å². The van der Waals surface area contributed by atoms with Gasteiger partial charge < -0.3 is 20.4 Å². The number of halogens is 4. The monoisotopic (exact) mass is 448 g/mol. The third kappa shape index (κ3) is 6.10. The maximum absolute atomic E-state index is 13.2. The minimum Gasteiger partial charge on any atom is -0.459 e. The molecule has 6 nitrogen and oxygen atoms in total. The van der Waals surface area contributed by atoms with Crippen LogP contribution in [0.2, 0.25) is 0 Å². The smallest absolute Gasteiger partial charge is 0.416 e. The van der Waals surface area contributed by atoms with Gasteiger partial charge in [-0.05, 0) is 47.5 Å². The topological polar surface area (TPSA) is 78.7 Å². The number of carbonyl (C=O) groups excluding carboxylic acids is 1. The van der Waals surface area contributed by atoms with Gasteiger partial charge in [0.1, 0.15) is 5.82 Å². The molecule has 168 valence electrons. The van der Waals surface area contributed by atoms with Crippen molar-refractivity contribution in [1.29, 1.82) is 0 Å².